The summed E-state index contributed by atoms with van der Waals surface area (Å²) in [5.74, 6) is -2.82. The van der Waals surface area contributed by atoms with E-state index in [1.54, 1.807) is 28.5 Å². The van der Waals surface area contributed by atoms with Gasteiger partial charge in [0.1, 0.15) is 24.0 Å². The van der Waals surface area contributed by atoms with E-state index in [9.17, 15) is 58.1 Å². The molecule has 8 atom stereocenters. The summed E-state index contributed by atoms with van der Waals surface area (Å²) in [7, 11) is -5.06. The number of nitrogens with zero attached hydrogens (tertiary/aromatic N) is 4. The van der Waals surface area contributed by atoms with Gasteiger partial charge in [-0.3, -0.25) is 52.9 Å². The number of nitrogens with one attached hydrogen (secondary N) is 5. The van der Waals surface area contributed by atoms with E-state index in [1.165, 1.54) is 29.2 Å². The number of hydrogen-bond acceptors (Lipinski definition) is 14. The molecular weight excluding hydrogens is 1130 g/mol. The number of aliphatic hydroxyl groups excluding tert-OH is 2. The van der Waals surface area contributed by atoms with E-state index >= 15 is 0 Å². The molecule has 24 heteroatoms. The number of primary amides is 1. The Morgan fingerprint density at radius 2 is 1.64 bits per heavy atom. The largest absolute Gasteiger partial charge is 0.396 e. The fourth-order valence-corrected chi connectivity index (χ4v) is 12.9. The Hall–Kier alpha value is -7.50. The number of H-pyrrole nitrogens is 1. The highest BCUT2D eigenvalue weighted by molar-refractivity contribution is 7.70. The van der Waals surface area contributed by atoms with Crippen molar-refractivity contribution in [1.29, 1.82) is 0 Å². The van der Waals surface area contributed by atoms with E-state index in [2.05, 4.69) is 31.2 Å². The number of aromatic nitrogens is 3. The Morgan fingerprint density at radius 3 is 2.32 bits per heavy atom. The number of thiazole rings is 1. The minimum absolute atomic E-state index is 0.0358. The number of hydrogen-bond donors (Lipinski definition) is 10. The minimum Gasteiger partial charge on any atom is -0.392 e. The Balaban J connectivity index is 0.774. The molecule has 6 heterocycles. The monoisotopic (exact) mass is 1200 g/mol. The van der Waals surface area contributed by atoms with Gasteiger partial charge in [0.05, 0.1) is 57.7 Å². The van der Waals surface area contributed by atoms with Gasteiger partial charge in [-0.1, -0.05) is 75.7 Å². The summed E-state index contributed by atoms with van der Waals surface area (Å²) in [6.45, 7) is 9.61. The maximum Gasteiger partial charge on any atom is 0.396 e. The quantitative estimate of drug-likeness (QED) is 0.0272. The van der Waals surface area contributed by atoms with Crippen molar-refractivity contribution in [2.45, 2.75) is 154 Å². The first-order valence-corrected chi connectivity index (χ1v) is 31.1. The van der Waals surface area contributed by atoms with E-state index in [0.29, 0.717) is 48.0 Å². The van der Waals surface area contributed by atoms with Crippen LogP contribution < -0.4 is 31.9 Å². The van der Waals surface area contributed by atoms with E-state index in [4.69, 9.17) is 10.7 Å². The Morgan fingerprint density at radius 1 is 0.894 bits per heavy atom. The van der Waals surface area contributed by atoms with Crippen molar-refractivity contribution >= 4 is 76.5 Å². The number of aromatic amines is 1. The van der Waals surface area contributed by atoms with Gasteiger partial charge in [0.2, 0.25) is 29.5 Å². The van der Waals surface area contributed by atoms with Gasteiger partial charge < -0.3 is 52.0 Å². The molecule has 6 aromatic rings. The van der Waals surface area contributed by atoms with Gasteiger partial charge in [-0.05, 0) is 122 Å². The molecule has 1 saturated heterocycles. The van der Waals surface area contributed by atoms with Gasteiger partial charge in [0, 0.05) is 48.5 Å². The first kappa shape index (κ1) is 62.0. The van der Waals surface area contributed by atoms with Crippen LogP contribution in [0.15, 0.2) is 90.6 Å². The molecule has 3 aliphatic rings. The van der Waals surface area contributed by atoms with Crippen LogP contribution in [0.2, 0.25) is 0 Å². The number of rotatable bonds is 23. The third kappa shape index (κ3) is 14.4. The number of aryl methyl sites for hydroxylation is 3. The molecule has 0 saturated carbocycles. The van der Waals surface area contributed by atoms with E-state index < -0.39 is 84.7 Å². The van der Waals surface area contributed by atoms with Gasteiger partial charge in [0.25, 0.3) is 11.4 Å². The second-order valence-electron chi connectivity index (χ2n) is 23.5. The lowest BCUT2D eigenvalue weighted by atomic mass is 9.84. The fourth-order valence-electron chi connectivity index (χ4n) is 11.7. The molecule has 6 amide bonds. The average molecular weight is 1200 g/mol. The second-order valence-corrected chi connectivity index (χ2v) is 25.9. The topological polar surface area (TPSA) is 340 Å². The summed E-state index contributed by atoms with van der Waals surface area (Å²) in [5, 5.41) is 35.0. The van der Waals surface area contributed by atoms with Gasteiger partial charge >= 0.3 is 7.60 Å². The Kier molecular flexibility index (Phi) is 19.0. The fraction of sp³-hybridized carbons (Fsp3) is 0.426. The summed E-state index contributed by atoms with van der Waals surface area (Å²) in [5.41, 5.74) is 12.1. The Labute approximate surface area is 495 Å². The lowest BCUT2D eigenvalue weighted by molar-refractivity contribution is -0.135. The second kappa shape index (κ2) is 26.0. The summed E-state index contributed by atoms with van der Waals surface area (Å²) >= 11 is 1.57. The van der Waals surface area contributed by atoms with Crippen LogP contribution in [0, 0.1) is 12.3 Å². The van der Waals surface area contributed by atoms with Crippen LogP contribution in [0.3, 0.4) is 0 Å². The molecule has 0 spiro atoms. The zero-order valence-corrected chi connectivity index (χ0v) is 49.8. The average Bonchev–Trinajstić information content (AvgIpc) is 1.95. The summed E-state index contributed by atoms with van der Waals surface area (Å²) in [4.78, 5) is 129. The van der Waals surface area contributed by atoms with Crippen LogP contribution in [0.25, 0.3) is 21.3 Å². The van der Waals surface area contributed by atoms with E-state index in [1.807, 2.05) is 88.7 Å². The predicted octanol–water partition coefficient (Wildman–Crippen LogP) is 5.70. The number of anilines is 1. The number of likely N-dealkylation sites (tertiary alicyclic amines) is 1. The standard InChI is InChI=1S/C61H73N10O12PS/c1-33(36-15-17-38(18-16-36)53-34(2)64-32-85-53)65-56(76)48-29-42(72)31-70(48)59(79)54(61(3,4)5)69-51(74)13-8-6-7-10-35-14-21-44(63-30-35)45(24-25-50(62)73)67-57(77)49-28-39-12-9-11-37-19-23-46(58(78)71(49)52(37)39)68-55(75)47-27-41-26-40(20-22-43(41)66-47)60(80)84(81,82)83/h9,11-12,14-18,20-22,26-27,30,32-33,42,45-46,48-49,54,59,66,72,79H,6-8,10,13,19,23-25,28-29,31H2,1-5H3,(H2,62,73)(H,65,76)(H,67,77)(H,68,75)(H,69,74)(H2,81,82,83)/t33-,42+,45-,46-,48-,49-,54+,59?/m0/s1. The number of β-amino-alcohol motifs (C(OH)–C–C–N with tert-alkyl or cyclic N) is 1. The molecule has 450 valence electrons. The molecule has 85 heavy (non-hydrogen) atoms. The number of carbonyl (C=O) groups excluding carboxylic acids is 7. The number of unbranched alkanes of at least 4 members (excludes halogenated alkanes) is 2. The minimum atomic E-state index is -5.06. The maximum absolute atomic E-state index is 14.6. The lowest BCUT2D eigenvalue weighted by Crippen LogP contribution is -2.60. The summed E-state index contributed by atoms with van der Waals surface area (Å²) in [6.07, 6.45) is 3.38. The van der Waals surface area contributed by atoms with Crippen LogP contribution in [0.5, 0.6) is 0 Å². The number of pyridine rings is 1. The van der Waals surface area contributed by atoms with Crippen LogP contribution in [-0.2, 0) is 47.8 Å². The highest BCUT2D eigenvalue weighted by Gasteiger charge is 2.47. The van der Waals surface area contributed by atoms with Crippen LogP contribution >= 0.6 is 18.9 Å². The highest BCUT2D eigenvalue weighted by Crippen LogP contribution is 2.41. The molecule has 3 aromatic carbocycles. The lowest BCUT2D eigenvalue weighted by Gasteiger charge is -2.40. The maximum atomic E-state index is 14.6. The van der Waals surface area contributed by atoms with Crippen molar-refractivity contribution in [3.63, 3.8) is 0 Å². The molecule has 3 aliphatic heterocycles. The van der Waals surface area contributed by atoms with Crippen LogP contribution in [0.4, 0.5) is 5.69 Å². The number of aliphatic hydroxyl groups is 2. The van der Waals surface area contributed by atoms with Crippen molar-refractivity contribution < 1.29 is 58.1 Å². The zero-order valence-electron chi connectivity index (χ0n) is 48.0. The third-order valence-electron chi connectivity index (χ3n) is 16.2. The van der Waals surface area contributed by atoms with Gasteiger partial charge in [-0.15, -0.1) is 11.3 Å². The molecule has 9 rings (SSSR count). The molecule has 0 radical (unpaired) electrons. The van der Waals surface area contributed by atoms with Gasteiger partial charge in [-0.2, -0.15) is 0 Å². The van der Waals surface area contributed by atoms with E-state index in [0.717, 1.165) is 44.8 Å². The molecule has 3 aromatic heterocycles. The molecule has 22 nitrogen and oxygen atoms in total. The van der Waals surface area contributed by atoms with Crippen LogP contribution in [-0.4, -0.2) is 124 Å². The molecule has 0 aliphatic carbocycles. The summed E-state index contributed by atoms with van der Waals surface area (Å²) in [6, 6.07) is 17.7. The normalized spacial score (nSPS) is 19.4. The van der Waals surface area contributed by atoms with Gasteiger partial charge in [0.15, 0.2) is 0 Å². The highest BCUT2D eigenvalue weighted by atomic mass is 32.1. The number of amides is 6. The Bertz CT molecular complexity index is 3540. The SMILES string of the molecule is Cc1ncsc1-c1ccc([C@H](C)NC(=O)[C@@H]2C[C@@H](O)CN2C(O)[C@@H](NC(=O)CCCCCc2ccc([C@H](CCC(N)=O)NC(=O)[C@@H]3Cc4cccc5c4N3C(=O)[C@@H](NC(=O)c3cc4cc(C(=O)P(=O)(O)O)ccc4[nH]3)CC5)nc2)C(C)(C)C)cc1. The number of para-hydroxylation sites is 1. The predicted molar refractivity (Wildman–Crippen MR) is 319 cm³/mol. The molecule has 1 unspecified atom stereocenters. The number of fused-ring (bicyclic) bond motifs is 1. The van der Waals surface area contributed by atoms with Crippen molar-refractivity contribution in [1.82, 2.24) is 41.1 Å². The van der Waals surface area contributed by atoms with Crippen molar-refractivity contribution in [2.24, 2.45) is 11.1 Å². The smallest absolute Gasteiger partial charge is 0.392 e. The summed E-state index contributed by atoms with van der Waals surface area (Å²) < 4.78 is 11.6. The molecule has 0 bridgehead atoms. The third-order valence-corrected chi connectivity index (χ3v) is 18.0. The van der Waals surface area contributed by atoms with Crippen molar-refractivity contribution in [2.75, 3.05) is 11.4 Å². The van der Waals surface area contributed by atoms with E-state index in [-0.39, 0.29) is 74.2 Å². The number of carbonyl (C=O) groups is 7. The van der Waals surface area contributed by atoms with Crippen LogP contribution in [0.1, 0.15) is 146 Å². The van der Waals surface area contributed by atoms with Crippen molar-refractivity contribution in [3.05, 3.63) is 135 Å². The molecule has 11 N–H and O–H groups in total. The molecular formula is C61H73N10O12PS. The first-order chi connectivity index (χ1) is 40.3. The number of benzene rings is 3. The first-order valence-electron chi connectivity index (χ1n) is 28.6. The number of nitrogens with two attached hydrogens (primary N) is 1. The van der Waals surface area contributed by atoms with Crippen molar-refractivity contribution in [3.8, 4) is 10.4 Å². The zero-order chi connectivity index (χ0) is 61.1. The molecule has 1 fully saturated rings. The van der Waals surface area contributed by atoms with Gasteiger partial charge in [-0.25, -0.2) is 4.98 Å².